The van der Waals surface area contributed by atoms with Crippen molar-refractivity contribution in [1.82, 2.24) is 4.90 Å². The van der Waals surface area contributed by atoms with E-state index in [1.165, 1.54) is 0 Å². The molecule has 26 heavy (non-hydrogen) atoms. The minimum Gasteiger partial charge on any atom is -0.321 e. The predicted octanol–water partition coefficient (Wildman–Crippen LogP) is 3.60. The van der Waals surface area contributed by atoms with Gasteiger partial charge < -0.3 is 10.2 Å². The summed E-state index contributed by atoms with van der Waals surface area (Å²) in [5.41, 5.74) is 4.14. The zero-order chi connectivity index (χ0) is 18.3. The molecular weight excluding hydrogens is 324 g/mol. The van der Waals surface area contributed by atoms with Crippen LogP contribution in [0.4, 0.5) is 5.69 Å². The zero-order valence-electron chi connectivity index (χ0n) is 15.3. The number of ketones is 1. The largest absolute Gasteiger partial charge is 0.321 e. The number of piperidine rings is 1. The second-order valence-electron chi connectivity index (χ2n) is 7.49. The van der Waals surface area contributed by atoms with Gasteiger partial charge in [-0.25, -0.2) is 0 Å². The number of benzene rings is 2. The maximum Gasteiger partial charge on any atom is 0.255 e. The Labute approximate surface area is 154 Å². The smallest absolute Gasteiger partial charge is 0.255 e. The standard InChI is InChI=1S/C22H24N2O2/c1-14-6-5-9-18-19(21(25)15-10-12-24(2)13-11-15)16-7-3-4-8-17(16)22(26)23-20(14)18/h3-9,15,19H,10-13H2,1-2H3,(H,23,26). The van der Waals surface area contributed by atoms with Crippen molar-refractivity contribution >= 4 is 17.4 Å². The van der Waals surface area contributed by atoms with E-state index in [-0.39, 0.29) is 23.5 Å². The highest BCUT2D eigenvalue weighted by atomic mass is 16.2. The molecule has 0 saturated carbocycles. The summed E-state index contributed by atoms with van der Waals surface area (Å²) in [7, 11) is 2.10. The van der Waals surface area contributed by atoms with Crippen molar-refractivity contribution < 1.29 is 9.59 Å². The van der Waals surface area contributed by atoms with Crippen LogP contribution in [0.25, 0.3) is 0 Å². The van der Waals surface area contributed by atoms with E-state index in [0.29, 0.717) is 5.56 Å². The number of para-hydroxylation sites is 1. The molecule has 0 spiro atoms. The lowest BCUT2D eigenvalue weighted by Gasteiger charge is -2.31. The molecular formula is C22H24N2O2. The van der Waals surface area contributed by atoms with Crippen LogP contribution < -0.4 is 5.32 Å². The van der Waals surface area contributed by atoms with E-state index in [1.54, 1.807) is 0 Å². The van der Waals surface area contributed by atoms with Crippen LogP contribution in [0.1, 0.15) is 45.8 Å². The van der Waals surface area contributed by atoms with E-state index in [9.17, 15) is 9.59 Å². The molecule has 2 heterocycles. The molecule has 2 aromatic rings. The molecule has 134 valence electrons. The van der Waals surface area contributed by atoms with Crippen molar-refractivity contribution in [2.45, 2.75) is 25.7 Å². The normalized spacial score (nSPS) is 20.7. The number of hydrogen-bond donors (Lipinski definition) is 1. The summed E-state index contributed by atoms with van der Waals surface area (Å²) >= 11 is 0. The predicted molar refractivity (Wildman–Crippen MR) is 103 cm³/mol. The third-order valence-corrected chi connectivity index (χ3v) is 5.78. The van der Waals surface area contributed by atoms with Gasteiger partial charge >= 0.3 is 0 Å². The summed E-state index contributed by atoms with van der Waals surface area (Å²) in [5.74, 6) is -0.219. The third-order valence-electron chi connectivity index (χ3n) is 5.78. The molecule has 0 aliphatic carbocycles. The first-order valence-electron chi connectivity index (χ1n) is 9.28. The monoisotopic (exact) mass is 348 g/mol. The summed E-state index contributed by atoms with van der Waals surface area (Å²) in [5, 5.41) is 3.04. The SMILES string of the molecule is Cc1cccc2c1NC(=O)c1ccccc1C2C(=O)C1CCN(C)CC1. The van der Waals surface area contributed by atoms with E-state index >= 15 is 0 Å². The highest BCUT2D eigenvalue weighted by molar-refractivity contribution is 6.10. The molecule has 1 amide bonds. The van der Waals surface area contributed by atoms with E-state index < -0.39 is 0 Å². The summed E-state index contributed by atoms with van der Waals surface area (Å²) in [4.78, 5) is 28.6. The Hall–Kier alpha value is -2.46. The Bertz CT molecular complexity index is 866. The number of carbonyl (C=O) groups is 2. The Kier molecular flexibility index (Phi) is 4.37. The number of Topliss-reactive ketones (excluding diaryl/α,β-unsaturated/α-hetero) is 1. The molecule has 1 fully saturated rings. The number of likely N-dealkylation sites (tertiary alicyclic amines) is 1. The maximum absolute atomic E-state index is 13.6. The molecule has 4 nitrogen and oxygen atoms in total. The molecule has 1 atom stereocenters. The number of nitrogens with zero attached hydrogens (tertiary/aromatic N) is 1. The van der Waals surface area contributed by atoms with Crippen LogP contribution in [0.2, 0.25) is 0 Å². The van der Waals surface area contributed by atoms with Crippen LogP contribution in [0.3, 0.4) is 0 Å². The van der Waals surface area contributed by atoms with Gasteiger partial charge in [0.05, 0.1) is 5.92 Å². The van der Waals surface area contributed by atoms with Gasteiger partial charge in [-0.05, 0) is 62.7 Å². The number of rotatable bonds is 2. The number of hydrogen-bond acceptors (Lipinski definition) is 3. The molecule has 1 N–H and O–H groups in total. The Morgan fingerprint density at radius 1 is 1.04 bits per heavy atom. The molecule has 2 aliphatic heterocycles. The number of anilines is 1. The minimum absolute atomic E-state index is 0.0471. The summed E-state index contributed by atoms with van der Waals surface area (Å²) < 4.78 is 0. The fourth-order valence-corrected chi connectivity index (χ4v) is 4.24. The fourth-order valence-electron chi connectivity index (χ4n) is 4.24. The first-order chi connectivity index (χ1) is 12.6. The first kappa shape index (κ1) is 17.0. The molecule has 1 saturated heterocycles. The minimum atomic E-state index is -0.381. The van der Waals surface area contributed by atoms with Crippen LogP contribution in [-0.4, -0.2) is 36.7 Å². The van der Waals surface area contributed by atoms with Gasteiger partial charge in [-0.15, -0.1) is 0 Å². The Balaban J connectivity index is 1.84. The molecule has 2 aromatic carbocycles. The number of aryl methyl sites for hydroxylation is 1. The third kappa shape index (κ3) is 2.84. The highest BCUT2D eigenvalue weighted by Crippen LogP contribution is 2.40. The zero-order valence-corrected chi connectivity index (χ0v) is 15.3. The molecule has 0 bridgehead atoms. The molecule has 4 rings (SSSR count). The Morgan fingerprint density at radius 2 is 1.73 bits per heavy atom. The lowest BCUT2D eigenvalue weighted by atomic mass is 9.77. The first-order valence-corrected chi connectivity index (χ1v) is 9.28. The molecule has 0 radical (unpaired) electrons. The van der Waals surface area contributed by atoms with Crippen LogP contribution in [0.15, 0.2) is 42.5 Å². The second kappa shape index (κ2) is 6.69. The van der Waals surface area contributed by atoms with Crippen LogP contribution >= 0.6 is 0 Å². The molecule has 1 unspecified atom stereocenters. The highest BCUT2D eigenvalue weighted by Gasteiger charge is 2.36. The Morgan fingerprint density at radius 3 is 2.50 bits per heavy atom. The number of amides is 1. The van der Waals surface area contributed by atoms with E-state index in [4.69, 9.17) is 0 Å². The number of fused-ring (bicyclic) bond motifs is 2. The van der Waals surface area contributed by atoms with E-state index in [1.807, 2.05) is 49.4 Å². The fraction of sp³-hybridized carbons (Fsp3) is 0.364. The van der Waals surface area contributed by atoms with Crippen LogP contribution in [0, 0.1) is 12.8 Å². The van der Waals surface area contributed by atoms with Crippen molar-refractivity contribution in [2.75, 3.05) is 25.5 Å². The molecule has 0 aromatic heterocycles. The van der Waals surface area contributed by atoms with Crippen molar-refractivity contribution in [3.05, 3.63) is 64.7 Å². The van der Waals surface area contributed by atoms with Crippen molar-refractivity contribution in [2.24, 2.45) is 5.92 Å². The summed E-state index contributed by atoms with van der Waals surface area (Å²) in [6.07, 6.45) is 1.77. The van der Waals surface area contributed by atoms with Gasteiger partial charge in [-0.3, -0.25) is 9.59 Å². The summed E-state index contributed by atoms with van der Waals surface area (Å²) in [6, 6.07) is 13.5. The summed E-state index contributed by atoms with van der Waals surface area (Å²) in [6.45, 7) is 3.87. The van der Waals surface area contributed by atoms with E-state index in [2.05, 4.69) is 17.3 Å². The van der Waals surface area contributed by atoms with Gasteiger partial charge in [-0.2, -0.15) is 0 Å². The number of nitrogens with one attached hydrogen (secondary N) is 1. The van der Waals surface area contributed by atoms with Crippen molar-refractivity contribution in [1.29, 1.82) is 0 Å². The van der Waals surface area contributed by atoms with E-state index in [0.717, 1.165) is 48.3 Å². The van der Waals surface area contributed by atoms with Gasteiger partial charge in [0.1, 0.15) is 5.78 Å². The lowest BCUT2D eigenvalue weighted by molar-refractivity contribution is -0.124. The van der Waals surface area contributed by atoms with Gasteiger partial charge in [0.15, 0.2) is 0 Å². The van der Waals surface area contributed by atoms with Crippen LogP contribution in [-0.2, 0) is 4.79 Å². The second-order valence-corrected chi connectivity index (χ2v) is 7.49. The average molecular weight is 348 g/mol. The average Bonchev–Trinajstić information content (AvgIpc) is 2.77. The van der Waals surface area contributed by atoms with Crippen molar-refractivity contribution in [3.8, 4) is 0 Å². The van der Waals surface area contributed by atoms with Crippen molar-refractivity contribution in [3.63, 3.8) is 0 Å². The number of carbonyl (C=O) groups excluding carboxylic acids is 2. The van der Waals surface area contributed by atoms with Gasteiger partial charge in [0.25, 0.3) is 5.91 Å². The van der Waals surface area contributed by atoms with Gasteiger partial charge in [-0.1, -0.05) is 36.4 Å². The topological polar surface area (TPSA) is 49.4 Å². The molecule has 2 aliphatic rings. The lowest BCUT2D eigenvalue weighted by Crippen LogP contribution is -2.35. The molecule has 4 heteroatoms. The van der Waals surface area contributed by atoms with Gasteiger partial charge in [0, 0.05) is 17.2 Å². The maximum atomic E-state index is 13.6. The van der Waals surface area contributed by atoms with Crippen LogP contribution in [0.5, 0.6) is 0 Å². The quantitative estimate of drug-likeness (QED) is 0.902. The van der Waals surface area contributed by atoms with Gasteiger partial charge in [0.2, 0.25) is 0 Å².